The molecule has 0 fully saturated rings. The molecule has 1 atom stereocenters. The van der Waals surface area contributed by atoms with E-state index in [2.05, 4.69) is 3.97 Å². The van der Waals surface area contributed by atoms with Crippen molar-refractivity contribution in [1.29, 1.82) is 0 Å². The molecule has 1 unspecified atom stereocenters. The monoisotopic (exact) mass is 356 g/mol. The van der Waals surface area contributed by atoms with Crippen molar-refractivity contribution in [2.45, 2.75) is 0 Å². The summed E-state index contributed by atoms with van der Waals surface area (Å²) in [7, 11) is -2.69. The van der Waals surface area contributed by atoms with E-state index < -0.39 is 20.0 Å². The first kappa shape index (κ1) is 12.1. The summed E-state index contributed by atoms with van der Waals surface area (Å²) >= 11 is -2.57. The number of hydrogen-bond acceptors (Lipinski definition) is 4. The Labute approximate surface area is 69.7 Å². The quantitative estimate of drug-likeness (QED) is 0.317. The molecular weight excluding hydrogens is 350 g/mol. The predicted octanol–water partition coefficient (Wildman–Crippen LogP) is -1.57. The molecule has 0 amide bonds. The molecule has 0 spiro atoms. The second kappa shape index (κ2) is 6.46. The van der Waals surface area contributed by atoms with Crippen molar-refractivity contribution in [3.8, 4) is 0 Å². The molecule has 3 N–H and O–H groups in total. The Morgan fingerprint density at radius 3 is 1.88 bits per heavy atom. The maximum absolute atomic E-state index is 9.39. The fraction of sp³-hybridized carbons (Fsp3) is 0. The molecule has 0 aliphatic heterocycles. The molecule has 8 heavy (non-hydrogen) atoms. The molecule has 0 saturated heterocycles. The van der Waals surface area contributed by atoms with Crippen molar-refractivity contribution < 1.29 is 22.5 Å². The van der Waals surface area contributed by atoms with Gasteiger partial charge in [0.05, 0.1) is 0 Å². The van der Waals surface area contributed by atoms with Crippen LogP contribution in [0.25, 0.3) is 0 Å². The Kier molecular flexibility index (Phi) is 9.74. The van der Waals surface area contributed by atoms with Gasteiger partial charge in [0.15, 0.2) is 0 Å². The van der Waals surface area contributed by atoms with Crippen molar-refractivity contribution in [3.05, 3.63) is 0 Å². The first-order valence-corrected chi connectivity index (χ1v) is 3.30. The summed E-state index contributed by atoms with van der Waals surface area (Å²) in [4.78, 5) is 15.5. The third-order valence-corrected chi connectivity index (χ3v) is 1.17. The maximum atomic E-state index is 9.39. The summed E-state index contributed by atoms with van der Waals surface area (Å²) < 4.78 is 20.5. The molecule has 0 saturated carbocycles. The van der Waals surface area contributed by atoms with Gasteiger partial charge in [0, 0.05) is 0 Å². The van der Waals surface area contributed by atoms with Crippen LogP contribution < -0.4 is 0 Å². The molecule has 8 heteroatoms. The van der Waals surface area contributed by atoms with Gasteiger partial charge in [-0.25, -0.2) is 0 Å². The first-order chi connectivity index (χ1) is 3.13. The van der Waals surface area contributed by atoms with Crippen LogP contribution in [-0.2, 0) is 15.3 Å². The zero-order valence-corrected chi connectivity index (χ0v) is 10.9. The molecule has 0 aromatic rings. The van der Waals surface area contributed by atoms with Crippen molar-refractivity contribution >= 4 is 47.3 Å². The first-order valence-electron chi connectivity index (χ1n) is 1.10. The van der Waals surface area contributed by atoms with Gasteiger partial charge in [-0.1, -0.05) is 0 Å². The molecule has 5 nitrogen and oxygen atoms in total. The van der Waals surface area contributed by atoms with E-state index in [1.807, 2.05) is 0 Å². The molecular formula is H5O5PPbS. The van der Waals surface area contributed by atoms with Gasteiger partial charge in [-0.05, 0) is 0 Å². The van der Waals surface area contributed by atoms with Crippen LogP contribution in [0.1, 0.15) is 0 Å². The van der Waals surface area contributed by atoms with Crippen LogP contribution in [0, 0.1) is 0 Å². The summed E-state index contributed by atoms with van der Waals surface area (Å²) in [6.45, 7) is 0. The minimum absolute atomic E-state index is 0. The van der Waals surface area contributed by atoms with E-state index in [1.165, 1.54) is 0 Å². The summed E-state index contributed by atoms with van der Waals surface area (Å²) in [6.07, 6.45) is 0. The van der Waals surface area contributed by atoms with Crippen LogP contribution in [0.5, 0.6) is 0 Å². The zero-order valence-electron chi connectivity index (χ0n) is 3.72. The summed E-state index contributed by atoms with van der Waals surface area (Å²) in [5, 5.41) is 0. The molecule has 0 aliphatic carbocycles. The Morgan fingerprint density at radius 2 is 1.88 bits per heavy atom. The van der Waals surface area contributed by atoms with E-state index in [-0.39, 0.29) is 27.3 Å². The fourth-order valence-corrected chi connectivity index (χ4v) is 0.513. The Hall–Kier alpha value is 1.34. The predicted molar refractivity (Wildman–Crippen MR) is 31.8 cm³/mol. The van der Waals surface area contributed by atoms with Gasteiger partial charge in [0.25, 0.3) is 0 Å². The minimum atomic E-state index is -2.69. The van der Waals surface area contributed by atoms with Crippen molar-refractivity contribution in [1.82, 2.24) is 0 Å². The molecule has 0 aromatic carbocycles. The Balaban J connectivity index is 0. The van der Waals surface area contributed by atoms with Crippen molar-refractivity contribution in [2.75, 3.05) is 0 Å². The topological polar surface area (TPSA) is 87.0 Å². The third-order valence-electron chi connectivity index (χ3n) is 0.130. The Bertz CT molecular complexity index is 72.8. The van der Waals surface area contributed by atoms with Crippen LogP contribution in [0.15, 0.2) is 0 Å². The molecule has 0 aromatic heterocycles. The van der Waals surface area contributed by atoms with E-state index in [1.54, 1.807) is 0 Å². The van der Waals surface area contributed by atoms with Crippen LogP contribution in [0.3, 0.4) is 0 Å². The average molecular weight is 355 g/mol. The number of rotatable bonds is 2. The van der Waals surface area contributed by atoms with Gasteiger partial charge < -0.3 is 9.79 Å². The zero-order chi connectivity index (χ0) is 5.86. The van der Waals surface area contributed by atoms with Crippen LogP contribution in [0.2, 0.25) is 0 Å². The molecule has 0 aliphatic rings. The van der Waals surface area contributed by atoms with E-state index in [4.69, 9.17) is 14.3 Å². The van der Waals surface area contributed by atoms with Gasteiger partial charge in [-0.15, -0.1) is 0 Å². The summed E-state index contributed by atoms with van der Waals surface area (Å²) in [6, 6.07) is 0. The van der Waals surface area contributed by atoms with E-state index >= 15 is 0 Å². The van der Waals surface area contributed by atoms with Gasteiger partial charge in [-0.2, -0.15) is 8.18 Å². The second-order valence-corrected chi connectivity index (χ2v) is 2.08. The van der Waals surface area contributed by atoms with Crippen molar-refractivity contribution in [3.63, 3.8) is 0 Å². The van der Waals surface area contributed by atoms with Gasteiger partial charge in [0.1, 0.15) is 0 Å². The molecule has 0 bridgehead atoms. The average Bonchev–Trinajstić information content (AvgIpc) is 1.27. The number of hydrogen-bond donors (Lipinski definition) is 3. The standard InChI is InChI=1S/H3O5PS.Pb.2H/c1-6(2)5-7(3)4;;;/h1-2H,(H,3,4);;;. The Morgan fingerprint density at radius 1 is 1.50 bits per heavy atom. The van der Waals surface area contributed by atoms with Gasteiger partial charge in [0.2, 0.25) is 0 Å². The van der Waals surface area contributed by atoms with Gasteiger partial charge in [-0.3, -0.25) is 4.55 Å². The van der Waals surface area contributed by atoms with E-state index in [9.17, 15) is 4.21 Å². The van der Waals surface area contributed by atoms with Crippen LogP contribution in [-0.4, -0.2) is 45.8 Å². The van der Waals surface area contributed by atoms with E-state index in [0.29, 0.717) is 0 Å². The fourth-order valence-electron chi connectivity index (χ4n) is 0.0570. The summed E-state index contributed by atoms with van der Waals surface area (Å²) in [5.74, 6) is 0. The second-order valence-electron chi connectivity index (χ2n) is 0.544. The van der Waals surface area contributed by atoms with E-state index in [0.717, 1.165) is 0 Å². The normalized spacial score (nSPS) is 13.0. The SMILES string of the molecule is O=S(O)OP(O)O.[PbH2]. The molecule has 0 heterocycles. The third kappa shape index (κ3) is 10.3. The summed E-state index contributed by atoms with van der Waals surface area (Å²) in [5.41, 5.74) is 0. The molecule has 2 radical (unpaired) electrons. The van der Waals surface area contributed by atoms with Gasteiger partial charge >= 0.3 is 47.3 Å². The van der Waals surface area contributed by atoms with Crippen LogP contribution in [0.4, 0.5) is 0 Å². The van der Waals surface area contributed by atoms with Crippen molar-refractivity contribution in [2.24, 2.45) is 0 Å². The van der Waals surface area contributed by atoms with Crippen LogP contribution >= 0.6 is 8.60 Å². The molecule has 50 valence electrons. The molecule has 0 rings (SSSR count).